The summed E-state index contributed by atoms with van der Waals surface area (Å²) >= 11 is 0. The number of nitrogens with one attached hydrogen (secondary N) is 1. The highest BCUT2D eigenvalue weighted by Gasteiger charge is 2.30. The number of aryl methyl sites for hydroxylation is 1. The molecule has 2 aromatic carbocycles. The molecule has 0 heterocycles. The molecule has 0 radical (unpaired) electrons. The maximum atomic E-state index is 13.9. The van der Waals surface area contributed by atoms with Crippen LogP contribution in [0.25, 0.3) is 0 Å². The molecule has 1 aliphatic carbocycles. The molecule has 226 valence electrons. The Morgan fingerprint density at radius 2 is 1.59 bits per heavy atom. The van der Waals surface area contributed by atoms with Gasteiger partial charge in [0.15, 0.2) is 0 Å². The van der Waals surface area contributed by atoms with E-state index in [1.54, 1.807) is 24.0 Å². The molecule has 0 saturated heterocycles. The molecule has 0 aromatic heterocycles. The van der Waals surface area contributed by atoms with Crippen LogP contribution in [0, 0.1) is 24.5 Å². The number of aliphatic hydroxyl groups is 2. The zero-order valence-corrected chi connectivity index (χ0v) is 24.4. The minimum absolute atomic E-state index is 0.139. The van der Waals surface area contributed by atoms with Gasteiger partial charge in [0.05, 0.1) is 12.6 Å². The smallest absolute Gasteiger partial charge is 0.253 e. The Kier molecular flexibility index (Phi) is 12.7. The van der Waals surface area contributed by atoms with E-state index in [9.17, 15) is 28.6 Å². The largest absolute Gasteiger partial charge is 0.388 e. The standard InChI is InChI=1S/C32H44F2N2O5/c1-4-10-36(11-5-2)32(40)25-13-21(3)12-24(17-25)31(39)35-28(16-23-14-26(33)18-27(34)15-23)30(38)29(37)20-41-19-22-8-6-7-9-22/h12-15,17-18,22,28-30,37-38H,4-11,16,19-20H2,1-3H3,(H,35,39)/t28-,29-,30?/m0/s1. The summed E-state index contributed by atoms with van der Waals surface area (Å²) in [6, 6.07) is 6.76. The summed E-state index contributed by atoms with van der Waals surface area (Å²) in [4.78, 5) is 28.4. The summed E-state index contributed by atoms with van der Waals surface area (Å²) in [5.74, 6) is -1.90. The van der Waals surface area contributed by atoms with Gasteiger partial charge in [-0.05, 0) is 86.4 Å². The van der Waals surface area contributed by atoms with E-state index in [-0.39, 0.29) is 30.1 Å². The normalized spacial score (nSPS) is 15.9. The van der Waals surface area contributed by atoms with Gasteiger partial charge in [-0.3, -0.25) is 9.59 Å². The lowest BCUT2D eigenvalue weighted by molar-refractivity contribution is -0.0557. The van der Waals surface area contributed by atoms with E-state index in [1.807, 2.05) is 13.8 Å². The first-order valence-corrected chi connectivity index (χ1v) is 14.7. The van der Waals surface area contributed by atoms with Gasteiger partial charge in [0.1, 0.15) is 23.8 Å². The monoisotopic (exact) mass is 574 g/mol. The van der Waals surface area contributed by atoms with Crippen LogP contribution >= 0.6 is 0 Å². The summed E-state index contributed by atoms with van der Waals surface area (Å²) in [6.07, 6.45) is 3.08. The summed E-state index contributed by atoms with van der Waals surface area (Å²) in [5, 5.41) is 24.5. The molecular weight excluding hydrogens is 530 g/mol. The van der Waals surface area contributed by atoms with Crippen molar-refractivity contribution in [3.05, 3.63) is 70.3 Å². The lowest BCUT2D eigenvalue weighted by Crippen LogP contribution is -2.51. The summed E-state index contributed by atoms with van der Waals surface area (Å²) in [7, 11) is 0. The van der Waals surface area contributed by atoms with Crippen LogP contribution in [0.4, 0.5) is 8.78 Å². The molecule has 1 fully saturated rings. The Hall–Kier alpha value is -2.88. The first-order chi connectivity index (χ1) is 19.6. The van der Waals surface area contributed by atoms with Crippen molar-refractivity contribution >= 4 is 11.8 Å². The Labute approximate surface area is 241 Å². The van der Waals surface area contributed by atoms with Crippen molar-refractivity contribution in [2.75, 3.05) is 26.3 Å². The average molecular weight is 575 g/mol. The molecule has 9 heteroatoms. The molecule has 3 N–H and O–H groups in total. The molecule has 0 aliphatic heterocycles. The number of hydrogen-bond donors (Lipinski definition) is 3. The number of carbonyl (C=O) groups is 2. The summed E-state index contributed by atoms with van der Waals surface area (Å²) in [6.45, 7) is 7.30. The number of hydrogen-bond acceptors (Lipinski definition) is 5. The zero-order chi connectivity index (χ0) is 29.9. The molecule has 2 amide bonds. The van der Waals surface area contributed by atoms with Gasteiger partial charge in [0.25, 0.3) is 11.8 Å². The highest BCUT2D eigenvalue weighted by molar-refractivity contribution is 6.00. The number of nitrogens with zero attached hydrogens (tertiary/aromatic N) is 1. The van der Waals surface area contributed by atoms with Gasteiger partial charge < -0.3 is 25.2 Å². The Morgan fingerprint density at radius 3 is 2.20 bits per heavy atom. The molecule has 1 unspecified atom stereocenters. The third-order valence-electron chi connectivity index (χ3n) is 7.48. The molecule has 1 saturated carbocycles. The van der Waals surface area contributed by atoms with Gasteiger partial charge in [-0.2, -0.15) is 0 Å². The quantitative estimate of drug-likeness (QED) is 0.284. The predicted octanol–water partition coefficient (Wildman–Crippen LogP) is 4.81. The van der Waals surface area contributed by atoms with Crippen molar-refractivity contribution in [3.8, 4) is 0 Å². The van der Waals surface area contributed by atoms with Crippen LogP contribution in [0.5, 0.6) is 0 Å². The first-order valence-electron chi connectivity index (χ1n) is 14.7. The van der Waals surface area contributed by atoms with Gasteiger partial charge >= 0.3 is 0 Å². The molecule has 41 heavy (non-hydrogen) atoms. The van der Waals surface area contributed by atoms with Crippen molar-refractivity contribution in [3.63, 3.8) is 0 Å². The summed E-state index contributed by atoms with van der Waals surface area (Å²) < 4.78 is 33.5. The molecule has 2 aromatic rings. The lowest BCUT2D eigenvalue weighted by atomic mass is 9.96. The van der Waals surface area contributed by atoms with E-state index in [0.717, 1.165) is 56.7 Å². The molecule has 3 rings (SSSR count). The Bertz CT molecular complexity index is 1130. The van der Waals surface area contributed by atoms with Crippen LogP contribution in [-0.4, -0.2) is 71.5 Å². The third kappa shape index (κ3) is 9.87. The molecule has 3 atom stereocenters. The number of rotatable bonds is 15. The fourth-order valence-electron chi connectivity index (χ4n) is 5.47. The van der Waals surface area contributed by atoms with Gasteiger partial charge in [0.2, 0.25) is 0 Å². The Balaban J connectivity index is 1.80. The molecule has 7 nitrogen and oxygen atoms in total. The van der Waals surface area contributed by atoms with Crippen molar-refractivity contribution in [1.82, 2.24) is 10.2 Å². The number of ether oxygens (including phenoxy) is 1. The van der Waals surface area contributed by atoms with Crippen LogP contribution in [0.1, 0.15) is 84.2 Å². The van der Waals surface area contributed by atoms with E-state index in [4.69, 9.17) is 4.74 Å². The second kappa shape index (κ2) is 15.9. The maximum Gasteiger partial charge on any atom is 0.253 e. The number of amides is 2. The molecule has 0 spiro atoms. The van der Waals surface area contributed by atoms with Gasteiger partial charge in [-0.15, -0.1) is 0 Å². The van der Waals surface area contributed by atoms with E-state index in [2.05, 4.69) is 5.32 Å². The highest BCUT2D eigenvalue weighted by Crippen LogP contribution is 2.25. The predicted molar refractivity (Wildman–Crippen MR) is 154 cm³/mol. The fourth-order valence-corrected chi connectivity index (χ4v) is 5.47. The molecular formula is C32H44F2N2O5. The van der Waals surface area contributed by atoms with Crippen LogP contribution < -0.4 is 5.32 Å². The second-order valence-corrected chi connectivity index (χ2v) is 11.2. The average Bonchev–Trinajstić information content (AvgIpc) is 3.44. The number of carbonyl (C=O) groups excluding carboxylic acids is 2. The number of aliphatic hydroxyl groups excluding tert-OH is 2. The van der Waals surface area contributed by atoms with Crippen molar-refractivity contribution in [2.45, 2.75) is 84.0 Å². The van der Waals surface area contributed by atoms with E-state index in [1.165, 1.54) is 6.07 Å². The Morgan fingerprint density at radius 1 is 0.976 bits per heavy atom. The lowest BCUT2D eigenvalue weighted by Gasteiger charge is -2.28. The minimum atomic E-state index is -1.48. The van der Waals surface area contributed by atoms with Gasteiger partial charge in [-0.1, -0.05) is 26.7 Å². The summed E-state index contributed by atoms with van der Waals surface area (Å²) in [5.41, 5.74) is 1.50. The number of halogens is 2. The molecule has 0 bridgehead atoms. The van der Waals surface area contributed by atoms with Crippen molar-refractivity contribution < 1.29 is 33.3 Å². The SMILES string of the molecule is CCCN(CCC)C(=O)c1cc(C)cc(C(=O)N[C@@H](Cc2cc(F)cc(F)c2)C(O)[C@@H](O)COCC2CCCC2)c1. The maximum absolute atomic E-state index is 13.9. The first kappa shape index (κ1) is 32.6. The fraction of sp³-hybridized carbons (Fsp3) is 0.562. The van der Waals surface area contributed by atoms with E-state index in [0.29, 0.717) is 36.7 Å². The highest BCUT2D eigenvalue weighted by atomic mass is 19.1. The third-order valence-corrected chi connectivity index (χ3v) is 7.48. The van der Waals surface area contributed by atoms with Gasteiger partial charge in [0, 0.05) is 36.9 Å². The van der Waals surface area contributed by atoms with Gasteiger partial charge in [-0.25, -0.2) is 8.78 Å². The topological polar surface area (TPSA) is 99.1 Å². The second-order valence-electron chi connectivity index (χ2n) is 11.2. The van der Waals surface area contributed by atoms with Crippen molar-refractivity contribution in [2.24, 2.45) is 5.92 Å². The van der Waals surface area contributed by atoms with Crippen LogP contribution in [0.15, 0.2) is 36.4 Å². The minimum Gasteiger partial charge on any atom is -0.388 e. The zero-order valence-electron chi connectivity index (χ0n) is 24.4. The molecule has 1 aliphatic rings. The van der Waals surface area contributed by atoms with Crippen LogP contribution in [0.2, 0.25) is 0 Å². The van der Waals surface area contributed by atoms with Crippen LogP contribution in [0.3, 0.4) is 0 Å². The number of benzene rings is 2. The van der Waals surface area contributed by atoms with E-state index >= 15 is 0 Å². The van der Waals surface area contributed by atoms with E-state index < -0.39 is 35.8 Å². The van der Waals surface area contributed by atoms with Crippen molar-refractivity contribution in [1.29, 1.82) is 0 Å². The van der Waals surface area contributed by atoms with Crippen LogP contribution in [-0.2, 0) is 11.2 Å².